The van der Waals surface area contributed by atoms with Crippen molar-refractivity contribution >= 4 is 11.6 Å². The van der Waals surface area contributed by atoms with Crippen LogP contribution >= 0.6 is 0 Å². The van der Waals surface area contributed by atoms with E-state index in [2.05, 4.69) is 24.3 Å². The molecule has 3 aliphatic rings. The zero-order valence-corrected chi connectivity index (χ0v) is 15.7. The number of hydrogen-bond donors (Lipinski definition) is 0. The largest absolute Gasteiger partial charge is 0.385 e. The van der Waals surface area contributed by atoms with Crippen molar-refractivity contribution in [3.63, 3.8) is 0 Å². The Balaban J connectivity index is 1.39. The highest BCUT2D eigenvalue weighted by Crippen LogP contribution is 2.50. The average molecular weight is 359 g/mol. The summed E-state index contributed by atoms with van der Waals surface area (Å²) >= 11 is 0. The Labute approximate surface area is 155 Å². The lowest BCUT2D eigenvalue weighted by molar-refractivity contribution is -0.191. The molecule has 0 unspecified atom stereocenters. The molecule has 2 spiro atoms. The summed E-state index contributed by atoms with van der Waals surface area (Å²) in [6.45, 7) is 2.97. The fraction of sp³-hybridized carbons (Fsp3) is 0.667. The summed E-state index contributed by atoms with van der Waals surface area (Å²) < 4.78 is 16.8. The monoisotopic (exact) mass is 359 g/mol. The zero-order valence-electron chi connectivity index (χ0n) is 15.7. The van der Waals surface area contributed by atoms with Gasteiger partial charge in [-0.05, 0) is 49.8 Å². The van der Waals surface area contributed by atoms with Crippen molar-refractivity contribution in [2.75, 3.05) is 38.4 Å². The minimum Gasteiger partial charge on any atom is -0.385 e. The summed E-state index contributed by atoms with van der Waals surface area (Å²) in [5.41, 5.74) is 2.11. The van der Waals surface area contributed by atoms with Crippen molar-refractivity contribution in [3.8, 4) is 0 Å². The van der Waals surface area contributed by atoms with Crippen LogP contribution in [0.3, 0.4) is 0 Å². The topological polar surface area (TPSA) is 48.0 Å². The Morgan fingerprint density at radius 2 is 1.73 bits per heavy atom. The number of rotatable bonds is 5. The van der Waals surface area contributed by atoms with Gasteiger partial charge in [-0.15, -0.1) is 0 Å². The maximum absolute atomic E-state index is 13.2. The molecule has 5 nitrogen and oxygen atoms in total. The third kappa shape index (κ3) is 3.28. The Morgan fingerprint density at radius 3 is 2.38 bits per heavy atom. The number of nitrogens with zero attached hydrogens (tertiary/aromatic N) is 1. The summed E-state index contributed by atoms with van der Waals surface area (Å²) in [4.78, 5) is 15.2. The fourth-order valence-electron chi connectivity index (χ4n) is 4.69. The third-order valence-corrected chi connectivity index (χ3v) is 6.36. The minimum absolute atomic E-state index is 0.211. The Kier molecular flexibility index (Phi) is 5.04. The Morgan fingerprint density at radius 1 is 1.04 bits per heavy atom. The van der Waals surface area contributed by atoms with Gasteiger partial charge in [-0.25, -0.2) is 0 Å². The highest BCUT2D eigenvalue weighted by atomic mass is 16.7. The molecule has 142 valence electrons. The second-order valence-electron chi connectivity index (χ2n) is 7.86. The smallest absolute Gasteiger partial charge is 0.233 e. The molecule has 2 aliphatic heterocycles. The van der Waals surface area contributed by atoms with Gasteiger partial charge in [0, 0.05) is 38.8 Å². The van der Waals surface area contributed by atoms with E-state index in [0.717, 1.165) is 63.8 Å². The van der Waals surface area contributed by atoms with Crippen molar-refractivity contribution in [1.29, 1.82) is 0 Å². The highest BCUT2D eigenvalue weighted by Gasteiger charge is 2.53. The summed E-state index contributed by atoms with van der Waals surface area (Å²) in [6.07, 6.45) is 6.39. The molecule has 1 aliphatic carbocycles. The standard InChI is InChI=1S/C21H29NO4/c1-24-14-2-3-17-4-6-18(7-5-17)22-13-12-20(19(22)23)8-10-21(11-9-20)25-15-16-26-21/h4-7H,2-3,8-16H2,1H3. The van der Waals surface area contributed by atoms with Gasteiger partial charge in [0.05, 0.1) is 18.6 Å². The van der Waals surface area contributed by atoms with Crippen molar-refractivity contribution < 1.29 is 19.0 Å². The van der Waals surface area contributed by atoms with Crippen LogP contribution in [0.25, 0.3) is 0 Å². The molecule has 1 saturated carbocycles. The van der Waals surface area contributed by atoms with E-state index in [0.29, 0.717) is 13.2 Å². The quantitative estimate of drug-likeness (QED) is 0.757. The van der Waals surface area contributed by atoms with Crippen LogP contribution in [0, 0.1) is 5.41 Å². The van der Waals surface area contributed by atoms with E-state index >= 15 is 0 Å². The molecule has 0 aromatic heterocycles. The first-order valence-electron chi connectivity index (χ1n) is 9.84. The van der Waals surface area contributed by atoms with Gasteiger partial charge in [-0.1, -0.05) is 12.1 Å². The van der Waals surface area contributed by atoms with Crippen LogP contribution in [-0.4, -0.2) is 45.2 Å². The van der Waals surface area contributed by atoms with Crippen LogP contribution in [0.4, 0.5) is 5.69 Å². The van der Waals surface area contributed by atoms with E-state index < -0.39 is 5.79 Å². The van der Waals surface area contributed by atoms with E-state index in [1.807, 2.05) is 4.90 Å². The van der Waals surface area contributed by atoms with Crippen molar-refractivity contribution in [1.82, 2.24) is 0 Å². The molecule has 0 atom stereocenters. The number of amides is 1. The molecule has 0 bridgehead atoms. The van der Waals surface area contributed by atoms with E-state index in [4.69, 9.17) is 14.2 Å². The molecule has 5 heteroatoms. The zero-order chi connectivity index (χ0) is 18.0. The van der Waals surface area contributed by atoms with Crippen molar-refractivity contribution in [2.24, 2.45) is 5.41 Å². The molecule has 1 aromatic rings. The van der Waals surface area contributed by atoms with Gasteiger partial charge in [-0.2, -0.15) is 0 Å². The predicted octanol–water partition coefficient (Wildman–Crippen LogP) is 3.31. The van der Waals surface area contributed by atoms with Crippen LogP contribution in [0.5, 0.6) is 0 Å². The van der Waals surface area contributed by atoms with Crippen LogP contribution in [-0.2, 0) is 25.4 Å². The van der Waals surface area contributed by atoms with Crippen LogP contribution in [0.15, 0.2) is 24.3 Å². The second-order valence-corrected chi connectivity index (χ2v) is 7.86. The first-order valence-corrected chi connectivity index (χ1v) is 9.84. The maximum Gasteiger partial charge on any atom is 0.233 e. The van der Waals surface area contributed by atoms with E-state index in [1.54, 1.807) is 7.11 Å². The van der Waals surface area contributed by atoms with Crippen LogP contribution in [0.2, 0.25) is 0 Å². The molecule has 2 saturated heterocycles. The number of methoxy groups -OCH3 is 1. The molecular formula is C21H29NO4. The molecule has 0 N–H and O–H groups in total. The van der Waals surface area contributed by atoms with E-state index in [-0.39, 0.29) is 11.3 Å². The van der Waals surface area contributed by atoms with Gasteiger partial charge < -0.3 is 19.1 Å². The number of hydrogen-bond acceptors (Lipinski definition) is 4. The average Bonchev–Trinajstić information content (AvgIpc) is 3.25. The lowest BCUT2D eigenvalue weighted by Crippen LogP contribution is -2.44. The third-order valence-electron chi connectivity index (χ3n) is 6.36. The molecule has 26 heavy (non-hydrogen) atoms. The van der Waals surface area contributed by atoms with Gasteiger partial charge in [-0.3, -0.25) is 4.79 Å². The number of aryl methyl sites for hydroxylation is 1. The number of ether oxygens (including phenoxy) is 3. The van der Waals surface area contributed by atoms with E-state index in [1.165, 1.54) is 5.56 Å². The fourth-order valence-corrected chi connectivity index (χ4v) is 4.69. The number of carbonyl (C=O) groups excluding carboxylic acids is 1. The molecule has 1 amide bonds. The predicted molar refractivity (Wildman–Crippen MR) is 99.1 cm³/mol. The molecule has 4 rings (SSSR count). The molecule has 0 radical (unpaired) electrons. The Bertz CT molecular complexity index is 626. The van der Waals surface area contributed by atoms with Gasteiger partial charge in [0.2, 0.25) is 5.91 Å². The number of benzene rings is 1. The van der Waals surface area contributed by atoms with Gasteiger partial charge in [0.15, 0.2) is 5.79 Å². The molecule has 3 fully saturated rings. The highest BCUT2D eigenvalue weighted by molar-refractivity contribution is 6.00. The summed E-state index contributed by atoms with van der Waals surface area (Å²) in [7, 11) is 1.73. The van der Waals surface area contributed by atoms with Crippen molar-refractivity contribution in [2.45, 2.75) is 50.7 Å². The van der Waals surface area contributed by atoms with Crippen molar-refractivity contribution in [3.05, 3.63) is 29.8 Å². The van der Waals surface area contributed by atoms with Gasteiger partial charge in [0.25, 0.3) is 0 Å². The lowest BCUT2D eigenvalue weighted by Gasteiger charge is -2.40. The maximum atomic E-state index is 13.2. The Hall–Kier alpha value is -1.43. The summed E-state index contributed by atoms with van der Waals surface area (Å²) in [5, 5.41) is 0. The minimum atomic E-state index is -0.400. The lowest BCUT2D eigenvalue weighted by atomic mass is 9.71. The van der Waals surface area contributed by atoms with Crippen LogP contribution < -0.4 is 4.90 Å². The number of carbonyl (C=O) groups is 1. The first-order chi connectivity index (χ1) is 12.7. The summed E-state index contributed by atoms with van der Waals surface area (Å²) in [6, 6.07) is 8.46. The SMILES string of the molecule is COCCCc1ccc(N2CCC3(CCC4(CC3)OCCO4)C2=O)cc1. The molecular weight excluding hydrogens is 330 g/mol. The molecule has 1 aromatic carbocycles. The number of anilines is 1. The normalized spacial score (nSPS) is 24.0. The molecule has 2 heterocycles. The van der Waals surface area contributed by atoms with Crippen LogP contribution in [0.1, 0.15) is 44.1 Å². The van der Waals surface area contributed by atoms with Gasteiger partial charge >= 0.3 is 0 Å². The first kappa shape index (κ1) is 18.0. The van der Waals surface area contributed by atoms with Gasteiger partial charge in [0.1, 0.15) is 0 Å². The second kappa shape index (κ2) is 7.29. The van der Waals surface area contributed by atoms with E-state index in [9.17, 15) is 4.79 Å². The summed E-state index contributed by atoms with van der Waals surface area (Å²) in [5.74, 6) is -0.111.